The van der Waals surface area contributed by atoms with Crippen molar-refractivity contribution in [2.45, 2.75) is 25.9 Å². The maximum absolute atomic E-state index is 6.14. The van der Waals surface area contributed by atoms with Gasteiger partial charge in [-0.15, -0.1) is 0 Å². The number of rotatable bonds is 6. The van der Waals surface area contributed by atoms with Crippen molar-refractivity contribution in [1.82, 2.24) is 10.6 Å². The average Bonchev–Trinajstić information content (AvgIpc) is 2.45. The Bertz CT molecular complexity index is 470. The Labute approximate surface area is 136 Å². The van der Waals surface area contributed by atoms with Gasteiger partial charge in [0, 0.05) is 37.3 Å². The van der Waals surface area contributed by atoms with Gasteiger partial charge in [0.1, 0.15) is 0 Å². The third-order valence-corrected chi connectivity index (χ3v) is 3.90. The molecule has 0 bridgehead atoms. The summed E-state index contributed by atoms with van der Waals surface area (Å²) in [6.07, 6.45) is 0.729. The number of nitrogens with zero attached hydrogens (tertiary/aromatic N) is 1. The van der Waals surface area contributed by atoms with Gasteiger partial charge >= 0.3 is 0 Å². The number of hydrogen-bond acceptors (Lipinski definition) is 2. The third kappa shape index (κ3) is 6.12. The molecule has 0 heterocycles. The Morgan fingerprint density at radius 3 is 2.38 bits per heavy atom. The average molecular weight is 332 g/mol. The first-order valence-corrected chi connectivity index (χ1v) is 7.58. The molecule has 0 fully saturated rings. The van der Waals surface area contributed by atoms with E-state index >= 15 is 0 Å². The summed E-state index contributed by atoms with van der Waals surface area (Å²) in [4.78, 5) is 4.17. The highest BCUT2D eigenvalue weighted by molar-refractivity contribution is 6.35. The normalized spacial score (nSPS) is 12.4. The molecule has 0 aliphatic rings. The second kappa shape index (κ2) is 8.47. The van der Waals surface area contributed by atoms with E-state index < -0.39 is 0 Å². The molecule has 0 aromatic heterocycles. The van der Waals surface area contributed by atoms with E-state index in [2.05, 4.69) is 15.6 Å². The molecule has 0 aliphatic heterocycles. The lowest BCUT2D eigenvalue weighted by atomic mass is 10.1. The molecule has 4 nitrogen and oxygen atoms in total. The molecule has 0 radical (unpaired) electrons. The van der Waals surface area contributed by atoms with E-state index in [4.69, 9.17) is 27.9 Å². The molecule has 0 unspecified atom stereocenters. The lowest BCUT2D eigenvalue weighted by Crippen LogP contribution is -2.45. The molecule has 0 spiro atoms. The molecule has 0 saturated heterocycles. The largest absolute Gasteiger partial charge is 0.377 e. The van der Waals surface area contributed by atoms with Crippen molar-refractivity contribution in [3.8, 4) is 0 Å². The van der Waals surface area contributed by atoms with Crippen LogP contribution in [-0.2, 0) is 11.2 Å². The van der Waals surface area contributed by atoms with Crippen LogP contribution in [0.15, 0.2) is 23.2 Å². The summed E-state index contributed by atoms with van der Waals surface area (Å²) >= 11 is 12.3. The summed E-state index contributed by atoms with van der Waals surface area (Å²) in [5.41, 5.74) is 0.699. The van der Waals surface area contributed by atoms with Gasteiger partial charge in [-0.2, -0.15) is 0 Å². The first-order valence-electron chi connectivity index (χ1n) is 6.82. The predicted octanol–water partition coefficient (Wildman–Crippen LogP) is 3.13. The van der Waals surface area contributed by atoms with E-state index in [0.29, 0.717) is 23.1 Å². The molecule has 0 atom stereocenters. The monoisotopic (exact) mass is 331 g/mol. The van der Waals surface area contributed by atoms with E-state index in [0.717, 1.165) is 17.9 Å². The van der Waals surface area contributed by atoms with Crippen LogP contribution < -0.4 is 10.6 Å². The second-order valence-electron chi connectivity index (χ2n) is 5.27. The van der Waals surface area contributed by atoms with Crippen LogP contribution in [0.4, 0.5) is 0 Å². The van der Waals surface area contributed by atoms with Gasteiger partial charge in [-0.1, -0.05) is 29.3 Å². The number of hydrogen-bond donors (Lipinski definition) is 2. The quantitative estimate of drug-likeness (QED) is 0.621. The minimum absolute atomic E-state index is 0.246. The number of nitrogens with one attached hydrogen (secondary N) is 2. The Hall–Kier alpha value is -0.970. The van der Waals surface area contributed by atoms with E-state index in [-0.39, 0.29) is 5.60 Å². The van der Waals surface area contributed by atoms with Crippen molar-refractivity contribution in [3.05, 3.63) is 33.8 Å². The van der Waals surface area contributed by atoms with E-state index in [1.165, 1.54) is 0 Å². The molecule has 1 aromatic carbocycles. The van der Waals surface area contributed by atoms with Crippen LogP contribution in [0, 0.1) is 0 Å². The van der Waals surface area contributed by atoms with Crippen LogP contribution in [0.25, 0.3) is 0 Å². The fourth-order valence-electron chi connectivity index (χ4n) is 1.67. The van der Waals surface area contributed by atoms with Gasteiger partial charge in [0.25, 0.3) is 0 Å². The van der Waals surface area contributed by atoms with Crippen LogP contribution in [0.2, 0.25) is 10.0 Å². The SMILES string of the molecule is CN=C(NCCc1c(Cl)cccc1Cl)NCC(C)(C)OC. The lowest BCUT2D eigenvalue weighted by molar-refractivity contribution is 0.0268. The molecular formula is C15H23Cl2N3O. The predicted molar refractivity (Wildman–Crippen MR) is 90.6 cm³/mol. The van der Waals surface area contributed by atoms with Crippen molar-refractivity contribution in [2.75, 3.05) is 27.2 Å². The number of aliphatic imine (C=N–C) groups is 1. The Balaban J connectivity index is 2.46. The van der Waals surface area contributed by atoms with Gasteiger partial charge in [0.05, 0.1) is 5.60 Å². The first-order chi connectivity index (χ1) is 9.89. The zero-order chi connectivity index (χ0) is 15.9. The van der Waals surface area contributed by atoms with Gasteiger partial charge in [0.15, 0.2) is 5.96 Å². The van der Waals surface area contributed by atoms with Crippen molar-refractivity contribution in [3.63, 3.8) is 0 Å². The van der Waals surface area contributed by atoms with Gasteiger partial charge in [-0.3, -0.25) is 4.99 Å². The van der Waals surface area contributed by atoms with Crippen LogP contribution in [-0.4, -0.2) is 38.8 Å². The summed E-state index contributed by atoms with van der Waals surface area (Å²) in [5.74, 6) is 0.725. The number of halogens is 2. The van der Waals surface area contributed by atoms with E-state index in [1.54, 1.807) is 14.2 Å². The van der Waals surface area contributed by atoms with E-state index in [9.17, 15) is 0 Å². The van der Waals surface area contributed by atoms with Crippen LogP contribution in [0.5, 0.6) is 0 Å². The molecule has 2 N–H and O–H groups in total. The van der Waals surface area contributed by atoms with Crippen molar-refractivity contribution in [2.24, 2.45) is 4.99 Å². The van der Waals surface area contributed by atoms with Crippen molar-refractivity contribution in [1.29, 1.82) is 0 Å². The third-order valence-electron chi connectivity index (χ3n) is 3.19. The maximum atomic E-state index is 6.14. The van der Waals surface area contributed by atoms with Crippen LogP contribution in [0.3, 0.4) is 0 Å². The number of ether oxygens (including phenoxy) is 1. The zero-order valence-electron chi connectivity index (χ0n) is 13.0. The van der Waals surface area contributed by atoms with Crippen molar-refractivity contribution >= 4 is 29.2 Å². The molecule has 1 aromatic rings. The smallest absolute Gasteiger partial charge is 0.191 e. The summed E-state index contributed by atoms with van der Waals surface area (Å²) in [6, 6.07) is 5.53. The number of benzene rings is 1. The minimum Gasteiger partial charge on any atom is -0.377 e. The molecule has 21 heavy (non-hydrogen) atoms. The van der Waals surface area contributed by atoms with Crippen molar-refractivity contribution < 1.29 is 4.74 Å². The standard InChI is InChI=1S/C15H23Cl2N3O/c1-15(2,21-4)10-20-14(18-3)19-9-8-11-12(16)6-5-7-13(11)17/h5-7H,8-10H2,1-4H3,(H2,18,19,20). The summed E-state index contributed by atoms with van der Waals surface area (Å²) in [7, 11) is 3.43. The summed E-state index contributed by atoms with van der Waals surface area (Å²) in [5, 5.41) is 7.83. The van der Waals surface area contributed by atoms with E-state index in [1.807, 2.05) is 32.0 Å². The van der Waals surface area contributed by atoms with Crippen LogP contribution >= 0.6 is 23.2 Å². The van der Waals surface area contributed by atoms with Crippen LogP contribution in [0.1, 0.15) is 19.4 Å². The molecular weight excluding hydrogens is 309 g/mol. The zero-order valence-corrected chi connectivity index (χ0v) is 14.5. The minimum atomic E-state index is -0.246. The van der Waals surface area contributed by atoms with Gasteiger partial charge in [0.2, 0.25) is 0 Å². The fraction of sp³-hybridized carbons (Fsp3) is 0.533. The molecule has 1 rings (SSSR count). The highest BCUT2D eigenvalue weighted by Gasteiger charge is 2.16. The molecule has 0 aliphatic carbocycles. The Morgan fingerprint density at radius 1 is 1.24 bits per heavy atom. The molecule has 6 heteroatoms. The highest BCUT2D eigenvalue weighted by Crippen LogP contribution is 2.24. The molecule has 0 saturated carbocycles. The molecule has 118 valence electrons. The highest BCUT2D eigenvalue weighted by atomic mass is 35.5. The Kier molecular flexibility index (Phi) is 7.29. The van der Waals surface area contributed by atoms with Gasteiger partial charge in [-0.05, 0) is 38.0 Å². The number of guanidine groups is 1. The fourth-order valence-corrected chi connectivity index (χ4v) is 2.25. The van der Waals surface area contributed by atoms with Gasteiger partial charge < -0.3 is 15.4 Å². The lowest BCUT2D eigenvalue weighted by Gasteiger charge is -2.24. The summed E-state index contributed by atoms with van der Waals surface area (Å²) in [6.45, 7) is 5.38. The second-order valence-corrected chi connectivity index (χ2v) is 6.08. The topological polar surface area (TPSA) is 45.7 Å². The Morgan fingerprint density at radius 2 is 1.86 bits per heavy atom. The summed E-state index contributed by atoms with van der Waals surface area (Å²) < 4.78 is 5.36. The number of methoxy groups -OCH3 is 1. The first kappa shape index (κ1) is 18.1. The maximum Gasteiger partial charge on any atom is 0.191 e. The van der Waals surface area contributed by atoms with Gasteiger partial charge in [-0.25, -0.2) is 0 Å². The molecule has 0 amide bonds.